The lowest BCUT2D eigenvalue weighted by Crippen LogP contribution is -2.26. The molecule has 3 nitrogen and oxygen atoms in total. The minimum Gasteiger partial charge on any atom is -0.311 e. The molecule has 3 heteroatoms. The van der Waals surface area contributed by atoms with E-state index in [9.17, 15) is 4.79 Å². The van der Waals surface area contributed by atoms with Crippen LogP contribution in [0.25, 0.3) is 0 Å². The Morgan fingerprint density at radius 1 is 1.20 bits per heavy atom. The Balaban J connectivity index is 2.25. The van der Waals surface area contributed by atoms with E-state index in [0.717, 1.165) is 6.42 Å². The van der Waals surface area contributed by atoms with Crippen molar-refractivity contribution >= 4 is 11.6 Å². The largest absolute Gasteiger partial charge is 0.311 e. The highest BCUT2D eigenvalue weighted by Crippen LogP contribution is 2.17. The van der Waals surface area contributed by atoms with Crippen molar-refractivity contribution in [1.29, 1.82) is 5.26 Å². The molecule has 0 spiro atoms. The molecule has 100 valence electrons. The van der Waals surface area contributed by atoms with Gasteiger partial charge in [0.1, 0.15) is 0 Å². The number of amides is 1. The van der Waals surface area contributed by atoms with Gasteiger partial charge in [-0.05, 0) is 42.3 Å². The maximum atomic E-state index is 12.4. The molecule has 20 heavy (non-hydrogen) atoms. The summed E-state index contributed by atoms with van der Waals surface area (Å²) in [5, 5.41) is 8.90. The number of carbonyl (C=O) groups excluding carboxylic acids is 1. The van der Waals surface area contributed by atoms with Crippen molar-refractivity contribution in [2.45, 2.75) is 13.3 Å². The van der Waals surface area contributed by atoms with Crippen LogP contribution >= 0.6 is 0 Å². The van der Waals surface area contributed by atoms with Crippen LogP contribution in [0, 0.1) is 11.3 Å². The number of aryl methyl sites for hydroxylation is 1. The van der Waals surface area contributed by atoms with Crippen LogP contribution < -0.4 is 4.90 Å². The van der Waals surface area contributed by atoms with Crippen molar-refractivity contribution in [3.63, 3.8) is 0 Å². The third kappa shape index (κ3) is 2.86. The van der Waals surface area contributed by atoms with E-state index >= 15 is 0 Å². The topological polar surface area (TPSA) is 44.1 Å². The van der Waals surface area contributed by atoms with Crippen molar-refractivity contribution in [2.24, 2.45) is 0 Å². The predicted molar refractivity (Wildman–Crippen MR) is 79.7 cm³/mol. The van der Waals surface area contributed by atoms with Gasteiger partial charge < -0.3 is 4.90 Å². The molecule has 0 unspecified atom stereocenters. The average Bonchev–Trinajstić information content (AvgIpc) is 2.53. The van der Waals surface area contributed by atoms with Gasteiger partial charge >= 0.3 is 0 Å². The van der Waals surface area contributed by atoms with Gasteiger partial charge in [0.05, 0.1) is 11.6 Å². The van der Waals surface area contributed by atoms with Gasteiger partial charge in [-0.1, -0.05) is 25.1 Å². The molecule has 0 saturated heterocycles. The van der Waals surface area contributed by atoms with Gasteiger partial charge in [0.25, 0.3) is 5.91 Å². The highest BCUT2D eigenvalue weighted by molar-refractivity contribution is 6.05. The van der Waals surface area contributed by atoms with Gasteiger partial charge in [-0.2, -0.15) is 5.26 Å². The fourth-order valence-electron chi connectivity index (χ4n) is 1.98. The molecule has 1 amide bonds. The van der Waals surface area contributed by atoms with Crippen molar-refractivity contribution in [3.8, 4) is 6.07 Å². The lowest BCUT2D eigenvalue weighted by atomic mass is 10.1. The zero-order valence-electron chi connectivity index (χ0n) is 11.6. The van der Waals surface area contributed by atoms with Crippen LogP contribution in [-0.2, 0) is 6.42 Å². The van der Waals surface area contributed by atoms with E-state index < -0.39 is 0 Å². The number of hydrogen-bond donors (Lipinski definition) is 0. The first-order valence-corrected chi connectivity index (χ1v) is 6.53. The molecular formula is C17H16N2O. The average molecular weight is 264 g/mol. The Kier molecular flexibility index (Phi) is 4.17. The first kappa shape index (κ1) is 13.8. The summed E-state index contributed by atoms with van der Waals surface area (Å²) in [6.07, 6.45) is 0.953. The molecule has 0 aromatic heterocycles. The van der Waals surface area contributed by atoms with Gasteiger partial charge in [-0.15, -0.1) is 0 Å². The Morgan fingerprint density at radius 2 is 1.90 bits per heavy atom. The summed E-state index contributed by atoms with van der Waals surface area (Å²) in [6.45, 7) is 2.08. The predicted octanol–water partition coefficient (Wildman–Crippen LogP) is 3.40. The van der Waals surface area contributed by atoms with E-state index in [4.69, 9.17) is 5.26 Å². The van der Waals surface area contributed by atoms with E-state index in [1.807, 2.05) is 30.3 Å². The number of nitriles is 1. The van der Waals surface area contributed by atoms with Crippen molar-refractivity contribution in [1.82, 2.24) is 0 Å². The molecule has 2 aromatic carbocycles. The maximum absolute atomic E-state index is 12.4. The summed E-state index contributed by atoms with van der Waals surface area (Å²) >= 11 is 0. The molecular weight excluding hydrogens is 248 g/mol. The monoisotopic (exact) mass is 264 g/mol. The zero-order chi connectivity index (χ0) is 14.5. The van der Waals surface area contributed by atoms with Crippen LogP contribution in [0.2, 0.25) is 0 Å². The van der Waals surface area contributed by atoms with Gasteiger partial charge in [-0.25, -0.2) is 0 Å². The summed E-state index contributed by atoms with van der Waals surface area (Å²) in [5.74, 6) is -0.0808. The standard InChI is InChI=1S/C17H16N2O/c1-3-13-7-9-15(10-8-13)17(20)19(2)16-6-4-5-14(11-16)12-18/h4-11H,3H2,1-2H3. The normalized spacial score (nSPS) is 9.85. The van der Waals surface area contributed by atoms with Crippen LogP contribution in [0.15, 0.2) is 48.5 Å². The van der Waals surface area contributed by atoms with Crippen molar-refractivity contribution in [3.05, 3.63) is 65.2 Å². The summed E-state index contributed by atoms with van der Waals surface area (Å²) < 4.78 is 0. The molecule has 2 rings (SSSR count). The molecule has 0 atom stereocenters. The second-order valence-electron chi connectivity index (χ2n) is 4.58. The van der Waals surface area contributed by atoms with E-state index in [-0.39, 0.29) is 5.91 Å². The molecule has 0 fully saturated rings. The van der Waals surface area contributed by atoms with E-state index in [2.05, 4.69) is 13.0 Å². The number of rotatable bonds is 3. The fraction of sp³-hybridized carbons (Fsp3) is 0.176. The molecule has 0 N–H and O–H groups in total. The molecule has 2 aromatic rings. The molecule has 0 radical (unpaired) electrons. The molecule has 0 aliphatic heterocycles. The highest BCUT2D eigenvalue weighted by atomic mass is 16.2. The van der Waals surface area contributed by atoms with Crippen molar-refractivity contribution in [2.75, 3.05) is 11.9 Å². The van der Waals surface area contributed by atoms with E-state index in [1.54, 1.807) is 30.1 Å². The van der Waals surface area contributed by atoms with Gasteiger partial charge in [0, 0.05) is 18.3 Å². The SMILES string of the molecule is CCc1ccc(C(=O)N(C)c2cccc(C#N)c2)cc1. The quantitative estimate of drug-likeness (QED) is 0.852. The summed E-state index contributed by atoms with van der Waals surface area (Å²) in [5.41, 5.74) is 3.11. The third-order valence-corrected chi connectivity index (χ3v) is 3.28. The third-order valence-electron chi connectivity index (χ3n) is 3.28. The highest BCUT2D eigenvalue weighted by Gasteiger charge is 2.13. The lowest BCUT2D eigenvalue weighted by Gasteiger charge is -2.17. The number of hydrogen-bond acceptors (Lipinski definition) is 2. The minimum absolute atomic E-state index is 0.0808. The smallest absolute Gasteiger partial charge is 0.258 e. The number of carbonyl (C=O) groups is 1. The van der Waals surface area contributed by atoms with Crippen LogP contribution in [0.4, 0.5) is 5.69 Å². The Hall–Kier alpha value is -2.60. The van der Waals surface area contributed by atoms with E-state index in [1.165, 1.54) is 5.56 Å². The summed E-state index contributed by atoms with van der Waals surface area (Å²) in [4.78, 5) is 13.9. The molecule has 0 aliphatic carbocycles. The molecule has 0 heterocycles. The second kappa shape index (κ2) is 6.03. The Bertz CT molecular complexity index is 653. The van der Waals surface area contributed by atoms with Crippen LogP contribution in [-0.4, -0.2) is 13.0 Å². The Morgan fingerprint density at radius 3 is 2.50 bits per heavy atom. The van der Waals surface area contributed by atoms with E-state index in [0.29, 0.717) is 16.8 Å². The number of nitrogens with zero attached hydrogens (tertiary/aromatic N) is 2. The van der Waals surface area contributed by atoms with Gasteiger partial charge in [-0.3, -0.25) is 4.79 Å². The fourth-order valence-corrected chi connectivity index (χ4v) is 1.98. The first-order valence-electron chi connectivity index (χ1n) is 6.53. The molecule has 0 bridgehead atoms. The van der Waals surface area contributed by atoms with Crippen molar-refractivity contribution < 1.29 is 4.79 Å². The molecule has 0 aliphatic rings. The van der Waals surface area contributed by atoms with Crippen LogP contribution in [0.5, 0.6) is 0 Å². The summed E-state index contributed by atoms with van der Waals surface area (Å²) in [6, 6.07) is 16.7. The zero-order valence-corrected chi connectivity index (χ0v) is 11.6. The Labute approximate surface area is 119 Å². The van der Waals surface area contributed by atoms with Gasteiger partial charge in [0.2, 0.25) is 0 Å². The number of benzene rings is 2. The van der Waals surface area contributed by atoms with Gasteiger partial charge in [0.15, 0.2) is 0 Å². The molecule has 0 saturated carbocycles. The summed E-state index contributed by atoms with van der Waals surface area (Å²) in [7, 11) is 1.71. The second-order valence-corrected chi connectivity index (χ2v) is 4.58. The van der Waals surface area contributed by atoms with Crippen LogP contribution in [0.1, 0.15) is 28.4 Å². The lowest BCUT2D eigenvalue weighted by molar-refractivity contribution is 0.0993. The van der Waals surface area contributed by atoms with Crippen LogP contribution in [0.3, 0.4) is 0 Å². The minimum atomic E-state index is -0.0808. The first-order chi connectivity index (χ1) is 9.65. The number of anilines is 1. The maximum Gasteiger partial charge on any atom is 0.258 e.